The second kappa shape index (κ2) is 5.08. The molecule has 0 saturated carbocycles. The molecule has 1 aromatic carbocycles. The molecule has 1 fully saturated rings. The molecule has 2 rings (SSSR count). The van der Waals surface area contributed by atoms with Crippen molar-refractivity contribution in [2.75, 3.05) is 5.73 Å². The minimum atomic E-state index is -0.338. The summed E-state index contributed by atoms with van der Waals surface area (Å²) in [6.45, 7) is 12.6. The highest BCUT2D eigenvalue weighted by Gasteiger charge is 2.51. The summed E-state index contributed by atoms with van der Waals surface area (Å²) in [4.78, 5) is 0. The van der Waals surface area contributed by atoms with Gasteiger partial charge in [-0.05, 0) is 57.1 Å². The van der Waals surface area contributed by atoms with Gasteiger partial charge >= 0.3 is 7.12 Å². The molecule has 1 aliphatic rings. The van der Waals surface area contributed by atoms with Crippen LogP contribution in [0.4, 0.5) is 5.69 Å². The van der Waals surface area contributed by atoms with E-state index in [1.807, 2.05) is 6.07 Å². The Morgan fingerprint density at radius 2 is 1.65 bits per heavy atom. The predicted octanol–water partition coefficient (Wildman–Crippen LogP) is 2.77. The van der Waals surface area contributed by atoms with Crippen LogP contribution >= 0.6 is 0 Å². The molecule has 2 N–H and O–H groups in total. The largest absolute Gasteiger partial charge is 0.494 e. The van der Waals surface area contributed by atoms with Crippen LogP contribution in [0.2, 0.25) is 0 Å². The summed E-state index contributed by atoms with van der Waals surface area (Å²) in [5, 5.41) is 0. The predicted molar refractivity (Wildman–Crippen MR) is 85.1 cm³/mol. The zero-order chi connectivity index (χ0) is 15.1. The monoisotopic (exact) mass is 275 g/mol. The molecule has 0 spiro atoms. The van der Waals surface area contributed by atoms with Gasteiger partial charge in [0.1, 0.15) is 0 Å². The van der Waals surface area contributed by atoms with E-state index in [0.29, 0.717) is 5.92 Å². The van der Waals surface area contributed by atoms with Gasteiger partial charge in [0.15, 0.2) is 0 Å². The van der Waals surface area contributed by atoms with E-state index >= 15 is 0 Å². The minimum Gasteiger partial charge on any atom is -0.399 e. The first-order valence-electron chi connectivity index (χ1n) is 7.36. The van der Waals surface area contributed by atoms with Gasteiger partial charge in [-0.2, -0.15) is 0 Å². The Labute approximate surface area is 123 Å². The van der Waals surface area contributed by atoms with Gasteiger partial charge in [0.05, 0.1) is 11.2 Å². The molecule has 0 aliphatic carbocycles. The fourth-order valence-electron chi connectivity index (χ4n) is 2.36. The first-order valence-corrected chi connectivity index (χ1v) is 7.36. The molecule has 1 aliphatic heterocycles. The van der Waals surface area contributed by atoms with Crippen molar-refractivity contribution < 1.29 is 9.31 Å². The van der Waals surface area contributed by atoms with Gasteiger partial charge in [-0.3, -0.25) is 0 Å². The number of nitrogen functional groups attached to an aromatic ring is 1. The normalized spacial score (nSPS) is 20.6. The average Bonchev–Trinajstić information content (AvgIpc) is 2.50. The van der Waals surface area contributed by atoms with Gasteiger partial charge in [-0.25, -0.2) is 0 Å². The maximum Gasteiger partial charge on any atom is 0.494 e. The van der Waals surface area contributed by atoms with Gasteiger partial charge in [0, 0.05) is 5.69 Å². The lowest BCUT2D eigenvalue weighted by atomic mass is 9.78. The van der Waals surface area contributed by atoms with Gasteiger partial charge in [0.25, 0.3) is 0 Å². The number of rotatable bonds is 3. The van der Waals surface area contributed by atoms with Crippen LogP contribution in [0.3, 0.4) is 0 Å². The van der Waals surface area contributed by atoms with Crippen LogP contribution in [-0.4, -0.2) is 18.3 Å². The fraction of sp³-hybridized carbons (Fsp3) is 0.625. The Kier molecular flexibility index (Phi) is 3.91. The standard InChI is InChI=1S/C16H26BNO2/c1-11(2)9-12-7-8-13(10-14(12)18)17-19-15(3,4)16(5,6)20-17/h7-8,10-11H,9,18H2,1-6H3. The van der Waals surface area contributed by atoms with E-state index in [1.165, 1.54) is 5.56 Å². The molecular formula is C16H26BNO2. The third-order valence-electron chi connectivity index (χ3n) is 4.32. The van der Waals surface area contributed by atoms with Gasteiger partial charge < -0.3 is 15.0 Å². The van der Waals surface area contributed by atoms with Crippen LogP contribution in [-0.2, 0) is 15.7 Å². The second-order valence-corrected chi connectivity index (χ2v) is 7.14. The summed E-state index contributed by atoms with van der Waals surface area (Å²) in [6, 6.07) is 6.14. The third-order valence-corrected chi connectivity index (χ3v) is 4.32. The van der Waals surface area contributed by atoms with Crippen molar-refractivity contribution in [2.45, 2.75) is 59.2 Å². The number of hydrogen-bond acceptors (Lipinski definition) is 3. The molecule has 0 amide bonds. The van der Waals surface area contributed by atoms with E-state index in [1.54, 1.807) is 0 Å². The molecule has 110 valence electrons. The Hall–Kier alpha value is -0.995. The van der Waals surface area contributed by atoms with Crippen molar-refractivity contribution in [3.05, 3.63) is 23.8 Å². The molecule has 20 heavy (non-hydrogen) atoms. The van der Waals surface area contributed by atoms with Crippen molar-refractivity contribution in [1.82, 2.24) is 0 Å². The summed E-state index contributed by atoms with van der Waals surface area (Å²) in [5.74, 6) is 0.597. The molecule has 0 radical (unpaired) electrons. The van der Waals surface area contributed by atoms with E-state index in [9.17, 15) is 0 Å². The van der Waals surface area contributed by atoms with Crippen molar-refractivity contribution in [2.24, 2.45) is 5.92 Å². The Morgan fingerprint density at radius 1 is 1.10 bits per heavy atom. The quantitative estimate of drug-likeness (QED) is 0.681. The van der Waals surface area contributed by atoms with Crippen molar-refractivity contribution in [3.8, 4) is 0 Å². The van der Waals surface area contributed by atoms with Gasteiger partial charge in [0.2, 0.25) is 0 Å². The van der Waals surface area contributed by atoms with E-state index in [4.69, 9.17) is 15.0 Å². The number of anilines is 1. The highest BCUT2D eigenvalue weighted by atomic mass is 16.7. The number of hydrogen-bond donors (Lipinski definition) is 1. The lowest BCUT2D eigenvalue weighted by molar-refractivity contribution is 0.00578. The Bertz CT molecular complexity index is 481. The topological polar surface area (TPSA) is 44.5 Å². The molecule has 0 bridgehead atoms. The third kappa shape index (κ3) is 2.86. The molecule has 0 unspecified atom stereocenters. The summed E-state index contributed by atoms with van der Waals surface area (Å²) in [7, 11) is -0.338. The SMILES string of the molecule is CC(C)Cc1ccc(B2OC(C)(C)C(C)(C)O2)cc1N. The first kappa shape index (κ1) is 15.4. The summed E-state index contributed by atoms with van der Waals surface area (Å²) in [6.07, 6.45) is 0.996. The maximum atomic E-state index is 6.16. The molecule has 4 heteroatoms. The first-order chi connectivity index (χ1) is 9.12. The minimum absolute atomic E-state index is 0.316. The zero-order valence-electron chi connectivity index (χ0n) is 13.5. The van der Waals surface area contributed by atoms with E-state index in [2.05, 4.69) is 53.7 Å². The van der Waals surface area contributed by atoms with E-state index < -0.39 is 0 Å². The zero-order valence-corrected chi connectivity index (χ0v) is 13.5. The van der Waals surface area contributed by atoms with Crippen LogP contribution in [0.25, 0.3) is 0 Å². The Morgan fingerprint density at radius 3 is 2.10 bits per heavy atom. The summed E-state index contributed by atoms with van der Waals surface area (Å²) in [5.41, 5.74) is 8.54. The Balaban J connectivity index is 2.22. The van der Waals surface area contributed by atoms with E-state index in [0.717, 1.165) is 17.6 Å². The van der Waals surface area contributed by atoms with Gasteiger partial charge in [-0.15, -0.1) is 0 Å². The summed E-state index contributed by atoms with van der Waals surface area (Å²) < 4.78 is 12.1. The van der Waals surface area contributed by atoms with Crippen molar-refractivity contribution in [3.63, 3.8) is 0 Å². The molecule has 1 heterocycles. The lowest BCUT2D eigenvalue weighted by Gasteiger charge is -2.32. The smallest absolute Gasteiger partial charge is 0.399 e. The van der Waals surface area contributed by atoms with Crippen LogP contribution in [0.15, 0.2) is 18.2 Å². The van der Waals surface area contributed by atoms with Crippen LogP contribution in [0.5, 0.6) is 0 Å². The molecular weight excluding hydrogens is 249 g/mol. The maximum absolute atomic E-state index is 6.16. The highest BCUT2D eigenvalue weighted by molar-refractivity contribution is 6.62. The molecule has 0 atom stereocenters. The molecule has 1 aromatic rings. The van der Waals surface area contributed by atoms with Crippen molar-refractivity contribution in [1.29, 1.82) is 0 Å². The van der Waals surface area contributed by atoms with Crippen LogP contribution in [0.1, 0.15) is 47.1 Å². The highest BCUT2D eigenvalue weighted by Crippen LogP contribution is 2.36. The second-order valence-electron chi connectivity index (χ2n) is 7.14. The summed E-state index contributed by atoms with van der Waals surface area (Å²) >= 11 is 0. The lowest BCUT2D eigenvalue weighted by Crippen LogP contribution is -2.41. The average molecular weight is 275 g/mol. The molecule has 3 nitrogen and oxygen atoms in total. The van der Waals surface area contributed by atoms with Crippen molar-refractivity contribution >= 4 is 18.3 Å². The van der Waals surface area contributed by atoms with Gasteiger partial charge in [-0.1, -0.05) is 26.0 Å². The molecule has 0 aromatic heterocycles. The van der Waals surface area contributed by atoms with E-state index in [-0.39, 0.29) is 18.3 Å². The fourth-order valence-corrected chi connectivity index (χ4v) is 2.36. The van der Waals surface area contributed by atoms with Crippen LogP contribution < -0.4 is 11.2 Å². The molecule has 1 saturated heterocycles. The van der Waals surface area contributed by atoms with Crippen LogP contribution in [0, 0.1) is 5.92 Å². The number of benzene rings is 1. The number of nitrogens with two attached hydrogens (primary N) is 1.